The molecule has 1 saturated heterocycles. The monoisotopic (exact) mass is 335 g/mol. The second-order valence-electron chi connectivity index (χ2n) is 5.58. The predicted octanol–water partition coefficient (Wildman–Crippen LogP) is -1.23. The van der Waals surface area contributed by atoms with E-state index < -0.39 is 29.2 Å². The van der Waals surface area contributed by atoms with Crippen LogP contribution in [0.3, 0.4) is 0 Å². The third kappa shape index (κ3) is 2.40. The highest BCUT2D eigenvalue weighted by Crippen LogP contribution is 2.39. The topological polar surface area (TPSA) is 107 Å². The van der Waals surface area contributed by atoms with Crippen molar-refractivity contribution in [3.63, 3.8) is 0 Å². The molecule has 3 heterocycles. The van der Waals surface area contributed by atoms with Crippen molar-refractivity contribution < 1.29 is 19.5 Å². The molecule has 1 aromatic rings. The number of aryl methyl sites for hydroxylation is 2. The summed E-state index contributed by atoms with van der Waals surface area (Å²) in [5.41, 5.74) is 1.47. The van der Waals surface area contributed by atoms with Crippen molar-refractivity contribution in [2.75, 3.05) is 5.75 Å². The number of nitrogens with zero attached hydrogens (tertiary/aromatic N) is 3. The van der Waals surface area contributed by atoms with Crippen molar-refractivity contribution in [1.82, 2.24) is 20.0 Å². The van der Waals surface area contributed by atoms with E-state index in [1.54, 1.807) is 27.1 Å². The molecule has 8 nitrogen and oxygen atoms in total. The number of carboxylic acids is 1. The number of carbonyl (C=O) groups is 3. The van der Waals surface area contributed by atoms with Crippen molar-refractivity contribution in [1.29, 1.82) is 0 Å². The van der Waals surface area contributed by atoms with Crippen molar-refractivity contribution in [2.24, 2.45) is 7.05 Å². The number of hydrogen-bond acceptors (Lipinski definition) is 6. The van der Waals surface area contributed by atoms with Gasteiger partial charge in [-0.25, -0.2) is 0 Å². The fourth-order valence-electron chi connectivity index (χ4n) is 2.80. The minimum Gasteiger partial charge on any atom is -0.543 e. The Morgan fingerprint density at radius 1 is 1.43 bits per heavy atom. The number of fused-ring (bicyclic) bond motifs is 1. The number of nitrogens with one attached hydrogen (secondary N) is 1. The number of rotatable bonds is 3. The van der Waals surface area contributed by atoms with Crippen LogP contribution in [0.25, 0.3) is 0 Å². The van der Waals surface area contributed by atoms with Gasteiger partial charge in [-0.05, 0) is 19.4 Å². The lowest BCUT2D eigenvalue weighted by molar-refractivity contribution is -0.301. The SMILES string of the molecule is CC1=C(C(=O)[O-])N2C(=O)[C@@H](NC(=O)c3cn(C)nc3C)[C@@H]2SC1. The molecular weight excluding hydrogens is 320 g/mol. The molecule has 1 N–H and O–H groups in total. The van der Waals surface area contributed by atoms with Crippen LogP contribution < -0.4 is 10.4 Å². The largest absolute Gasteiger partial charge is 0.543 e. The molecule has 3 rings (SSSR count). The number of amides is 2. The highest BCUT2D eigenvalue weighted by atomic mass is 32.2. The lowest BCUT2D eigenvalue weighted by Gasteiger charge is -2.50. The molecule has 0 radical (unpaired) electrons. The van der Waals surface area contributed by atoms with E-state index in [2.05, 4.69) is 10.4 Å². The van der Waals surface area contributed by atoms with Gasteiger partial charge in [0.2, 0.25) is 0 Å². The van der Waals surface area contributed by atoms with Crippen LogP contribution in [0.1, 0.15) is 23.0 Å². The lowest BCUT2D eigenvalue weighted by Crippen LogP contribution is -2.71. The standard InChI is InChI=1S/C14H16N4O4S/c1-6-5-23-13-9(12(20)18(13)10(6)14(21)22)15-11(19)8-4-17(3)16-7(8)2/h4,9,13H,5H2,1-3H3,(H,15,19)(H,21,22)/p-1/t9-,13+/m1/s1. The van der Waals surface area contributed by atoms with Crippen molar-refractivity contribution in [3.05, 3.63) is 28.7 Å². The Balaban J connectivity index is 1.78. The number of hydrogen-bond donors (Lipinski definition) is 1. The van der Waals surface area contributed by atoms with Gasteiger partial charge in [0.05, 0.1) is 22.9 Å². The van der Waals surface area contributed by atoms with Crippen LogP contribution in [0.4, 0.5) is 0 Å². The average Bonchev–Trinajstić information content (AvgIpc) is 2.82. The summed E-state index contributed by atoms with van der Waals surface area (Å²) in [6, 6.07) is -0.741. The minimum absolute atomic E-state index is 0.0817. The molecule has 1 aromatic heterocycles. The first kappa shape index (κ1) is 15.6. The second kappa shape index (κ2) is 5.41. The maximum absolute atomic E-state index is 12.3. The molecule has 0 bridgehead atoms. The van der Waals surface area contributed by atoms with E-state index in [0.29, 0.717) is 22.6 Å². The number of aliphatic carboxylic acids is 1. The normalized spacial score (nSPS) is 23.4. The number of aromatic nitrogens is 2. The van der Waals surface area contributed by atoms with E-state index in [1.807, 2.05) is 0 Å². The van der Waals surface area contributed by atoms with Gasteiger partial charge in [-0.2, -0.15) is 5.10 Å². The Kier molecular flexibility index (Phi) is 3.67. The highest BCUT2D eigenvalue weighted by Gasteiger charge is 2.52. The first-order valence-electron chi connectivity index (χ1n) is 6.98. The maximum atomic E-state index is 12.3. The number of β-lactam (4-membered cyclic amide) rings is 1. The fraction of sp³-hybridized carbons (Fsp3) is 0.429. The summed E-state index contributed by atoms with van der Waals surface area (Å²) in [4.78, 5) is 37.0. The average molecular weight is 335 g/mol. The van der Waals surface area contributed by atoms with Crippen LogP contribution in [0.2, 0.25) is 0 Å². The molecule has 0 spiro atoms. The van der Waals surface area contributed by atoms with Crippen molar-refractivity contribution in [2.45, 2.75) is 25.3 Å². The number of carbonyl (C=O) groups excluding carboxylic acids is 3. The third-order valence-electron chi connectivity index (χ3n) is 3.90. The van der Waals surface area contributed by atoms with Gasteiger partial charge in [0.25, 0.3) is 11.8 Å². The zero-order valence-electron chi connectivity index (χ0n) is 12.8. The van der Waals surface area contributed by atoms with Gasteiger partial charge in [-0.1, -0.05) is 0 Å². The quantitative estimate of drug-likeness (QED) is 0.693. The summed E-state index contributed by atoms with van der Waals surface area (Å²) in [5.74, 6) is -1.71. The molecule has 0 unspecified atom stereocenters. The van der Waals surface area contributed by atoms with E-state index in [1.165, 1.54) is 21.3 Å². The van der Waals surface area contributed by atoms with E-state index in [0.717, 1.165) is 0 Å². The lowest BCUT2D eigenvalue weighted by atomic mass is 10.0. The predicted molar refractivity (Wildman–Crippen MR) is 80.0 cm³/mol. The summed E-state index contributed by atoms with van der Waals surface area (Å²) < 4.78 is 1.52. The molecule has 2 amide bonds. The van der Waals surface area contributed by atoms with Gasteiger partial charge in [0, 0.05) is 19.0 Å². The highest BCUT2D eigenvalue weighted by molar-refractivity contribution is 8.00. The van der Waals surface area contributed by atoms with E-state index >= 15 is 0 Å². The molecule has 2 aliphatic heterocycles. The molecule has 0 aliphatic carbocycles. The van der Waals surface area contributed by atoms with Crippen molar-refractivity contribution in [3.8, 4) is 0 Å². The Hall–Kier alpha value is -2.29. The maximum Gasteiger partial charge on any atom is 0.255 e. The molecule has 0 saturated carbocycles. The third-order valence-corrected chi connectivity index (χ3v) is 5.32. The first-order valence-corrected chi connectivity index (χ1v) is 8.03. The smallest absolute Gasteiger partial charge is 0.255 e. The zero-order chi connectivity index (χ0) is 16.9. The number of carboxylic acid groups (broad SMARTS) is 1. The molecule has 1 fully saturated rings. The number of thioether (sulfide) groups is 1. The Labute approximate surface area is 136 Å². The summed E-state index contributed by atoms with van der Waals surface area (Å²) in [6.07, 6.45) is 1.58. The summed E-state index contributed by atoms with van der Waals surface area (Å²) in [6.45, 7) is 3.37. The van der Waals surface area contributed by atoms with E-state index in [4.69, 9.17) is 0 Å². The van der Waals surface area contributed by atoms with E-state index in [9.17, 15) is 19.5 Å². The van der Waals surface area contributed by atoms with Gasteiger partial charge in [0.15, 0.2) is 0 Å². The van der Waals surface area contributed by atoms with E-state index in [-0.39, 0.29) is 5.70 Å². The van der Waals surface area contributed by atoms with Crippen molar-refractivity contribution >= 4 is 29.5 Å². The molecule has 0 aromatic carbocycles. The Morgan fingerprint density at radius 3 is 2.70 bits per heavy atom. The Morgan fingerprint density at radius 2 is 2.13 bits per heavy atom. The molecule has 122 valence electrons. The van der Waals surface area contributed by atoms with Gasteiger partial charge >= 0.3 is 0 Å². The molecular formula is C14H15N4O4S-. The summed E-state index contributed by atoms with van der Waals surface area (Å²) in [7, 11) is 1.71. The van der Waals surface area contributed by atoms with Gasteiger partial charge in [-0.15, -0.1) is 11.8 Å². The fourth-order valence-corrected chi connectivity index (χ4v) is 4.10. The van der Waals surface area contributed by atoms with Crippen LogP contribution in [-0.4, -0.2) is 49.6 Å². The van der Waals surface area contributed by atoms with Gasteiger partial charge in [0.1, 0.15) is 11.4 Å². The van der Waals surface area contributed by atoms with Crippen LogP contribution in [0, 0.1) is 6.92 Å². The summed E-state index contributed by atoms with van der Waals surface area (Å²) in [5, 5.41) is 17.6. The molecule has 9 heteroatoms. The molecule has 23 heavy (non-hydrogen) atoms. The van der Waals surface area contributed by atoms with Gasteiger partial charge in [-0.3, -0.25) is 19.2 Å². The van der Waals surface area contributed by atoms with Gasteiger partial charge < -0.3 is 15.2 Å². The Bertz CT molecular complexity index is 754. The summed E-state index contributed by atoms with van der Waals surface area (Å²) >= 11 is 1.42. The minimum atomic E-state index is -1.37. The molecule has 2 aliphatic rings. The first-order chi connectivity index (χ1) is 10.8. The second-order valence-corrected chi connectivity index (χ2v) is 6.68. The van der Waals surface area contributed by atoms with Crippen LogP contribution in [0.15, 0.2) is 17.5 Å². The molecule has 2 atom stereocenters. The zero-order valence-corrected chi connectivity index (χ0v) is 13.6. The van der Waals surface area contributed by atoms with Crippen LogP contribution >= 0.6 is 11.8 Å². The van der Waals surface area contributed by atoms with Crippen LogP contribution in [-0.2, 0) is 16.6 Å². The van der Waals surface area contributed by atoms with Crippen LogP contribution in [0.5, 0.6) is 0 Å².